The summed E-state index contributed by atoms with van der Waals surface area (Å²) in [5, 5.41) is 0.449. The second-order valence-electron chi connectivity index (χ2n) is 4.29. The van der Waals surface area contributed by atoms with E-state index in [1.54, 1.807) is 20.2 Å². The van der Waals surface area contributed by atoms with E-state index < -0.39 is 0 Å². The third kappa shape index (κ3) is 3.78. The molecule has 0 spiro atoms. The lowest BCUT2D eigenvalue weighted by Gasteiger charge is -2.12. The van der Waals surface area contributed by atoms with Crippen LogP contribution >= 0.6 is 11.8 Å². The lowest BCUT2D eigenvalue weighted by molar-refractivity contribution is -0.142. The quantitative estimate of drug-likeness (QED) is 0.607. The van der Waals surface area contributed by atoms with Gasteiger partial charge in [-0.1, -0.05) is 11.8 Å². The summed E-state index contributed by atoms with van der Waals surface area (Å²) in [4.78, 5) is 16.0. The lowest BCUT2D eigenvalue weighted by Crippen LogP contribution is -2.17. The zero-order valence-corrected chi connectivity index (χ0v) is 13.1. The number of thioether (sulfide) groups is 1. The van der Waals surface area contributed by atoms with Crippen LogP contribution in [-0.4, -0.2) is 34.5 Å². The number of methoxy groups -OCH3 is 1. The maximum absolute atomic E-state index is 11.7. The van der Waals surface area contributed by atoms with Gasteiger partial charge >= 0.3 is 5.97 Å². The second-order valence-corrected chi connectivity index (χ2v) is 5.60. The summed E-state index contributed by atoms with van der Waals surface area (Å²) < 4.78 is 12.1. The van der Waals surface area contributed by atoms with Crippen LogP contribution in [0.1, 0.15) is 13.8 Å². The normalized spacial score (nSPS) is 12.0. The van der Waals surface area contributed by atoms with Crippen LogP contribution in [0.2, 0.25) is 0 Å². The number of esters is 1. The van der Waals surface area contributed by atoms with Gasteiger partial charge in [-0.3, -0.25) is 9.36 Å². The van der Waals surface area contributed by atoms with Gasteiger partial charge in [0.1, 0.15) is 11.0 Å². The van der Waals surface area contributed by atoms with E-state index in [1.165, 1.54) is 11.8 Å². The van der Waals surface area contributed by atoms with E-state index in [-0.39, 0.29) is 11.2 Å². The Hall–Kier alpha value is -1.95. The zero-order valence-electron chi connectivity index (χ0n) is 12.3. The summed E-state index contributed by atoms with van der Waals surface area (Å²) in [6.45, 7) is 4.00. The summed E-state index contributed by atoms with van der Waals surface area (Å²) in [5.74, 6) is 0.569. The number of ether oxygens (including phenoxy) is 2. The Morgan fingerprint density at radius 3 is 2.71 bits per heavy atom. The predicted molar refractivity (Wildman–Crippen MR) is 82.1 cm³/mol. The van der Waals surface area contributed by atoms with Crippen molar-refractivity contribution in [2.45, 2.75) is 24.3 Å². The molecular formula is C15H18N2O3S. The number of rotatable bonds is 6. The number of nitrogens with zero attached hydrogens (tertiary/aromatic N) is 2. The number of imidazole rings is 1. The highest BCUT2D eigenvalue weighted by molar-refractivity contribution is 8.00. The number of carbonyl (C=O) groups excluding carboxylic acids is 1. The largest absolute Gasteiger partial charge is 0.497 e. The molecule has 0 amide bonds. The fourth-order valence-electron chi connectivity index (χ4n) is 1.78. The van der Waals surface area contributed by atoms with E-state index in [4.69, 9.17) is 9.47 Å². The Balaban J connectivity index is 2.16. The zero-order chi connectivity index (χ0) is 15.2. The Morgan fingerprint density at radius 1 is 1.38 bits per heavy atom. The molecule has 2 aromatic rings. The van der Waals surface area contributed by atoms with Crippen molar-refractivity contribution in [1.82, 2.24) is 9.55 Å². The highest BCUT2D eigenvalue weighted by Crippen LogP contribution is 2.26. The second kappa shape index (κ2) is 7.17. The number of aromatic nitrogens is 2. The van der Waals surface area contributed by atoms with Gasteiger partial charge in [-0.05, 0) is 38.1 Å². The van der Waals surface area contributed by atoms with Crippen molar-refractivity contribution in [2.24, 2.45) is 0 Å². The van der Waals surface area contributed by atoms with E-state index in [0.717, 1.165) is 16.6 Å². The molecule has 112 valence electrons. The van der Waals surface area contributed by atoms with E-state index in [0.29, 0.717) is 6.61 Å². The summed E-state index contributed by atoms with van der Waals surface area (Å²) in [6.07, 6.45) is 3.58. The SMILES string of the molecule is CCOC(=O)C(C)Sc1nccn1-c1ccc(OC)cc1. The number of benzene rings is 1. The molecule has 2 rings (SSSR count). The summed E-state index contributed by atoms with van der Waals surface area (Å²) >= 11 is 1.38. The molecule has 1 heterocycles. The van der Waals surface area contributed by atoms with E-state index in [2.05, 4.69) is 4.98 Å². The van der Waals surface area contributed by atoms with Gasteiger partial charge < -0.3 is 9.47 Å². The summed E-state index contributed by atoms with van der Waals surface area (Å²) in [7, 11) is 1.63. The van der Waals surface area contributed by atoms with Gasteiger partial charge in [0.25, 0.3) is 0 Å². The van der Waals surface area contributed by atoms with Crippen LogP contribution in [0, 0.1) is 0 Å². The molecule has 0 saturated carbocycles. The van der Waals surface area contributed by atoms with Gasteiger partial charge in [-0.15, -0.1) is 0 Å². The van der Waals surface area contributed by atoms with Crippen LogP contribution in [-0.2, 0) is 9.53 Å². The van der Waals surface area contributed by atoms with Crippen molar-refractivity contribution in [2.75, 3.05) is 13.7 Å². The Bertz CT molecular complexity index is 595. The molecular weight excluding hydrogens is 288 g/mol. The first-order valence-corrected chi connectivity index (χ1v) is 7.54. The molecule has 1 unspecified atom stereocenters. The third-order valence-electron chi connectivity index (χ3n) is 2.86. The highest BCUT2D eigenvalue weighted by Gasteiger charge is 2.18. The standard InChI is InChI=1S/C15H18N2O3S/c1-4-20-14(18)11(2)21-15-16-9-10-17(15)12-5-7-13(19-3)8-6-12/h5-11H,4H2,1-3H3. The van der Waals surface area contributed by atoms with Gasteiger partial charge in [0, 0.05) is 18.1 Å². The van der Waals surface area contributed by atoms with Crippen molar-refractivity contribution in [3.63, 3.8) is 0 Å². The van der Waals surface area contributed by atoms with Gasteiger partial charge in [0.2, 0.25) is 0 Å². The van der Waals surface area contributed by atoms with Gasteiger partial charge in [0.15, 0.2) is 5.16 Å². The van der Waals surface area contributed by atoms with Crippen molar-refractivity contribution in [3.8, 4) is 11.4 Å². The molecule has 0 saturated heterocycles. The minimum Gasteiger partial charge on any atom is -0.497 e. The maximum atomic E-state index is 11.7. The smallest absolute Gasteiger partial charge is 0.319 e. The van der Waals surface area contributed by atoms with Crippen molar-refractivity contribution in [3.05, 3.63) is 36.7 Å². The maximum Gasteiger partial charge on any atom is 0.319 e. The van der Waals surface area contributed by atoms with Crippen LogP contribution < -0.4 is 4.74 Å². The van der Waals surface area contributed by atoms with Gasteiger partial charge in [-0.2, -0.15) is 0 Å². The fraction of sp³-hybridized carbons (Fsp3) is 0.333. The van der Waals surface area contributed by atoms with Crippen LogP contribution in [0.15, 0.2) is 41.8 Å². The molecule has 0 aliphatic rings. The van der Waals surface area contributed by atoms with Crippen LogP contribution in [0.5, 0.6) is 5.75 Å². The first-order chi connectivity index (χ1) is 10.2. The predicted octanol–water partition coefficient (Wildman–Crippen LogP) is 2.92. The Morgan fingerprint density at radius 2 is 2.10 bits per heavy atom. The molecule has 21 heavy (non-hydrogen) atoms. The topological polar surface area (TPSA) is 53.3 Å². The van der Waals surface area contributed by atoms with E-state index in [9.17, 15) is 4.79 Å². The fourth-order valence-corrected chi connectivity index (χ4v) is 2.66. The highest BCUT2D eigenvalue weighted by atomic mass is 32.2. The minimum atomic E-state index is -0.302. The average Bonchev–Trinajstić information content (AvgIpc) is 2.95. The molecule has 0 bridgehead atoms. The first kappa shape index (κ1) is 15.4. The lowest BCUT2D eigenvalue weighted by atomic mass is 10.3. The Kier molecular flexibility index (Phi) is 5.27. The minimum absolute atomic E-state index is 0.230. The van der Waals surface area contributed by atoms with Gasteiger partial charge in [-0.25, -0.2) is 4.98 Å². The van der Waals surface area contributed by atoms with E-state index in [1.807, 2.05) is 42.0 Å². The Labute approximate surface area is 128 Å². The van der Waals surface area contributed by atoms with E-state index >= 15 is 0 Å². The number of hydrogen-bond acceptors (Lipinski definition) is 5. The van der Waals surface area contributed by atoms with Crippen molar-refractivity contribution >= 4 is 17.7 Å². The van der Waals surface area contributed by atoms with Crippen LogP contribution in [0.3, 0.4) is 0 Å². The molecule has 0 fully saturated rings. The monoisotopic (exact) mass is 306 g/mol. The molecule has 0 radical (unpaired) electrons. The third-order valence-corrected chi connectivity index (χ3v) is 3.92. The first-order valence-electron chi connectivity index (χ1n) is 6.66. The van der Waals surface area contributed by atoms with Crippen molar-refractivity contribution < 1.29 is 14.3 Å². The van der Waals surface area contributed by atoms with Crippen molar-refractivity contribution in [1.29, 1.82) is 0 Å². The number of hydrogen-bond donors (Lipinski definition) is 0. The average molecular weight is 306 g/mol. The number of carbonyl (C=O) groups is 1. The molecule has 1 aromatic heterocycles. The molecule has 0 aliphatic carbocycles. The molecule has 5 nitrogen and oxygen atoms in total. The van der Waals surface area contributed by atoms with Crippen LogP contribution in [0.25, 0.3) is 5.69 Å². The molecule has 0 N–H and O–H groups in total. The molecule has 1 aromatic carbocycles. The molecule has 6 heteroatoms. The summed E-state index contributed by atoms with van der Waals surface area (Å²) in [6, 6.07) is 7.66. The summed E-state index contributed by atoms with van der Waals surface area (Å²) in [5.41, 5.74) is 0.965. The van der Waals surface area contributed by atoms with Gasteiger partial charge in [0.05, 0.1) is 13.7 Å². The van der Waals surface area contributed by atoms with Crippen LogP contribution in [0.4, 0.5) is 0 Å². The molecule has 1 atom stereocenters. The molecule has 0 aliphatic heterocycles.